The molecule has 4 rings (SSSR count). The predicted octanol–water partition coefficient (Wildman–Crippen LogP) is 3.55. The Hall–Kier alpha value is -0.570. The molecule has 0 spiro atoms. The van der Waals surface area contributed by atoms with E-state index in [-0.39, 0.29) is 12.4 Å². The highest BCUT2D eigenvalue weighted by atomic mass is 35.5. The zero-order valence-corrected chi connectivity index (χ0v) is 13.5. The number of nitrogens with two attached hydrogens (primary N) is 1. The molecule has 0 amide bonds. The number of aryl methyl sites for hydroxylation is 1. The molecule has 1 saturated carbocycles. The molecule has 2 fully saturated rings. The zero-order chi connectivity index (χ0) is 13.5. The quantitative estimate of drug-likeness (QED) is 0.860. The van der Waals surface area contributed by atoms with E-state index in [4.69, 9.17) is 5.73 Å². The molecule has 1 aromatic rings. The molecule has 2 aliphatic carbocycles. The summed E-state index contributed by atoms with van der Waals surface area (Å²) in [6, 6.07) is 10.2. The van der Waals surface area contributed by atoms with Crippen LogP contribution in [-0.2, 0) is 6.42 Å². The highest BCUT2D eigenvalue weighted by Gasteiger charge is 2.41. The number of nitrogens with zero attached hydrogens (tertiary/aromatic N) is 1. The Morgan fingerprint density at radius 3 is 2.71 bits per heavy atom. The van der Waals surface area contributed by atoms with E-state index in [2.05, 4.69) is 29.2 Å². The highest BCUT2D eigenvalue weighted by molar-refractivity contribution is 5.85. The summed E-state index contributed by atoms with van der Waals surface area (Å²) >= 11 is 0. The van der Waals surface area contributed by atoms with Crippen molar-refractivity contribution in [3.05, 3.63) is 35.4 Å². The van der Waals surface area contributed by atoms with E-state index < -0.39 is 0 Å². The van der Waals surface area contributed by atoms with Gasteiger partial charge >= 0.3 is 0 Å². The van der Waals surface area contributed by atoms with Gasteiger partial charge in [-0.1, -0.05) is 30.7 Å². The largest absolute Gasteiger partial charge is 0.327 e. The van der Waals surface area contributed by atoms with Gasteiger partial charge in [0, 0.05) is 25.2 Å². The fourth-order valence-corrected chi connectivity index (χ4v) is 4.91. The van der Waals surface area contributed by atoms with Gasteiger partial charge in [-0.15, -0.1) is 12.4 Å². The van der Waals surface area contributed by atoms with Gasteiger partial charge in [0.2, 0.25) is 0 Å². The second kappa shape index (κ2) is 6.28. The van der Waals surface area contributed by atoms with Gasteiger partial charge in [0.25, 0.3) is 0 Å². The van der Waals surface area contributed by atoms with Crippen LogP contribution in [0.1, 0.15) is 49.3 Å². The van der Waals surface area contributed by atoms with Gasteiger partial charge in [0.1, 0.15) is 0 Å². The molecule has 21 heavy (non-hydrogen) atoms. The maximum atomic E-state index is 6.38. The Kier molecular flexibility index (Phi) is 4.58. The van der Waals surface area contributed by atoms with E-state index in [0.717, 1.165) is 11.8 Å². The van der Waals surface area contributed by atoms with Crippen LogP contribution >= 0.6 is 12.4 Å². The minimum Gasteiger partial charge on any atom is -0.327 e. The molecule has 0 aromatic heterocycles. The third kappa shape index (κ3) is 2.74. The Balaban J connectivity index is 0.00000132. The average molecular weight is 307 g/mol. The van der Waals surface area contributed by atoms with E-state index in [1.165, 1.54) is 51.6 Å². The first-order valence-corrected chi connectivity index (χ1v) is 8.40. The number of hydrogen-bond donors (Lipinski definition) is 1. The fraction of sp³-hybridized carbons (Fsp3) is 0.667. The second-order valence-electron chi connectivity index (χ2n) is 7.08. The van der Waals surface area contributed by atoms with Crippen LogP contribution in [0.5, 0.6) is 0 Å². The van der Waals surface area contributed by atoms with Crippen LogP contribution in [0.25, 0.3) is 0 Å². The first-order chi connectivity index (χ1) is 9.83. The van der Waals surface area contributed by atoms with E-state index in [9.17, 15) is 0 Å². The van der Waals surface area contributed by atoms with Crippen LogP contribution in [0.2, 0.25) is 0 Å². The van der Waals surface area contributed by atoms with Crippen molar-refractivity contribution in [2.75, 3.05) is 13.1 Å². The normalized spacial score (nSPS) is 35.7. The van der Waals surface area contributed by atoms with Crippen molar-refractivity contribution in [2.24, 2.45) is 17.6 Å². The number of halogens is 1. The summed E-state index contributed by atoms with van der Waals surface area (Å²) in [5, 5.41) is 0. The van der Waals surface area contributed by atoms with Crippen LogP contribution in [0.3, 0.4) is 0 Å². The molecule has 2 N–H and O–H groups in total. The minimum atomic E-state index is 0. The molecule has 3 aliphatic rings. The van der Waals surface area contributed by atoms with Gasteiger partial charge in [-0.05, 0) is 55.1 Å². The van der Waals surface area contributed by atoms with Gasteiger partial charge in [-0.25, -0.2) is 0 Å². The van der Waals surface area contributed by atoms with Crippen LogP contribution in [-0.4, -0.2) is 24.0 Å². The fourth-order valence-electron chi connectivity index (χ4n) is 4.91. The molecule has 4 atom stereocenters. The number of benzene rings is 1. The summed E-state index contributed by atoms with van der Waals surface area (Å²) in [5.74, 6) is 1.63. The monoisotopic (exact) mass is 306 g/mol. The van der Waals surface area contributed by atoms with E-state index >= 15 is 0 Å². The molecule has 2 nitrogen and oxygen atoms in total. The number of fused-ring (bicyclic) bond motifs is 2. The van der Waals surface area contributed by atoms with Crippen molar-refractivity contribution in [1.29, 1.82) is 0 Å². The van der Waals surface area contributed by atoms with Crippen molar-refractivity contribution in [2.45, 2.75) is 50.6 Å². The molecular formula is C18H27ClN2. The van der Waals surface area contributed by atoms with Gasteiger partial charge < -0.3 is 5.73 Å². The van der Waals surface area contributed by atoms with Crippen molar-refractivity contribution >= 4 is 12.4 Å². The first kappa shape index (κ1) is 15.3. The van der Waals surface area contributed by atoms with E-state index in [1.807, 2.05) is 0 Å². The van der Waals surface area contributed by atoms with Crippen molar-refractivity contribution in [1.82, 2.24) is 4.90 Å². The SMILES string of the molecule is Cl.NC1CCCC2CN(C3CCCc4ccccc43)CC12. The molecule has 116 valence electrons. The molecule has 1 aliphatic heterocycles. The lowest BCUT2D eigenvalue weighted by Crippen LogP contribution is -2.38. The summed E-state index contributed by atoms with van der Waals surface area (Å²) in [4.78, 5) is 2.76. The lowest BCUT2D eigenvalue weighted by molar-refractivity contribution is 0.209. The lowest BCUT2D eigenvalue weighted by atomic mass is 9.78. The third-order valence-electron chi connectivity index (χ3n) is 5.96. The smallest absolute Gasteiger partial charge is 0.0351 e. The second-order valence-corrected chi connectivity index (χ2v) is 7.08. The van der Waals surface area contributed by atoms with Crippen molar-refractivity contribution in [3.63, 3.8) is 0 Å². The predicted molar refractivity (Wildman–Crippen MR) is 89.7 cm³/mol. The molecule has 0 bridgehead atoms. The number of rotatable bonds is 1. The zero-order valence-electron chi connectivity index (χ0n) is 12.7. The number of likely N-dealkylation sites (tertiary alicyclic amines) is 1. The Labute approximate surface area is 134 Å². The summed E-state index contributed by atoms with van der Waals surface area (Å²) in [6.45, 7) is 2.53. The molecule has 0 radical (unpaired) electrons. The maximum Gasteiger partial charge on any atom is 0.0351 e. The van der Waals surface area contributed by atoms with Crippen molar-refractivity contribution in [3.8, 4) is 0 Å². The van der Waals surface area contributed by atoms with Gasteiger partial charge in [-0.3, -0.25) is 4.90 Å². The van der Waals surface area contributed by atoms with Crippen LogP contribution in [0.15, 0.2) is 24.3 Å². The molecular weight excluding hydrogens is 280 g/mol. The van der Waals surface area contributed by atoms with Crippen LogP contribution in [0, 0.1) is 11.8 Å². The van der Waals surface area contributed by atoms with Crippen LogP contribution < -0.4 is 5.73 Å². The summed E-state index contributed by atoms with van der Waals surface area (Å²) in [5.41, 5.74) is 9.57. The van der Waals surface area contributed by atoms with E-state index in [0.29, 0.717) is 12.1 Å². The Morgan fingerprint density at radius 1 is 1.00 bits per heavy atom. The molecule has 4 unspecified atom stereocenters. The topological polar surface area (TPSA) is 29.3 Å². The van der Waals surface area contributed by atoms with Gasteiger partial charge in [0.05, 0.1) is 0 Å². The average Bonchev–Trinajstić information content (AvgIpc) is 2.92. The lowest BCUT2D eigenvalue weighted by Gasteiger charge is -2.33. The third-order valence-corrected chi connectivity index (χ3v) is 5.96. The van der Waals surface area contributed by atoms with Gasteiger partial charge in [-0.2, -0.15) is 0 Å². The van der Waals surface area contributed by atoms with Crippen molar-refractivity contribution < 1.29 is 0 Å². The standard InChI is InChI=1S/C18H26N2.ClH/c19-17-9-3-7-14-11-20(12-16(14)17)18-10-4-6-13-5-1-2-8-15(13)18;/h1-2,5,8,14,16-18H,3-4,6-7,9-12,19H2;1H. The first-order valence-electron chi connectivity index (χ1n) is 8.40. The minimum absolute atomic E-state index is 0. The summed E-state index contributed by atoms with van der Waals surface area (Å²) in [7, 11) is 0. The van der Waals surface area contributed by atoms with E-state index in [1.54, 1.807) is 11.1 Å². The molecule has 1 saturated heterocycles. The molecule has 1 heterocycles. The Morgan fingerprint density at radius 2 is 1.86 bits per heavy atom. The molecule has 1 aromatic carbocycles. The summed E-state index contributed by atoms with van der Waals surface area (Å²) in [6.07, 6.45) is 7.95. The highest BCUT2D eigenvalue weighted by Crippen LogP contribution is 2.42. The van der Waals surface area contributed by atoms with Crippen LogP contribution in [0.4, 0.5) is 0 Å². The number of hydrogen-bond acceptors (Lipinski definition) is 2. The Bertz CT molecular complexity index is 490. The maximum absolute atomic E-state index is 6.38. The molecule has 3 heteroatoms. The van der Waals surface area contributed by atoms with Gasteiger partial charge in [0.15, 0.2) is 0 Å². The summed E-state index contributed by atoms with van der Waals surface area (Å²) < 4.78 is 0.